The van der Waals surface area contributed by atoms with E-state index in [2.05, 4.69) is 20.9 Å². The van der Waals surface area contributed by atoms with E-state index in [4.69, 9.17) is 23.2 Å². The van der Waals surface area contributed by atoms with Crippen LogP contribution in [0.5, 0.6) is 0 Å². The van der Waals surface area contributed by atoms with Crippen LogP contribution in [-0.4, -0.2) is 30.5 Å². The first-order valence-corrected chi connectivity index (χ1v) is 6.94. The number of rotatable bonds is 7. The average Bonchev–Trinajstić information content (AvgIpc) is 2.38. The molecule has 3 N–H and O–H groups in total. The lowest BCUT2D eigenvalue weighted by Gasteiger charge is -2.11. The molecule has 0 fully saturated rings. The van der Waals surface area contributed by atoms with Gasteiger partial charge in [0.1, 0.15) is 11.6 Å². The summed E-state index contributed by atoms with van der Waals surface area (Å²) in [4.78, 5) is 15.7. The van der Waals surface area contributed by atoms with E-state index in [0.29, 0.717) is 34.8 Å². The first-order chi connectivity index (χ1) is 9.08. The predicted molar refractivity (Wildman–Crippen MR) is 80.2 cm³/mol. The normalized spacial score (nSPS) is 10.1. The van der Waals surface area contributed by atoms with Crippen molar-refractivity contribution < 1.29 is 4.79 Å². The maximum absolute atomic E-state index is 11.5. The highest BCUT2D eigenvalue weighted by Gasteiger charge is 2.09. The molecule has 1 amide bonds. The topological polar surface area (TPSA) is 66.0 Å². The molecule has 0 bridgehead atoms. The first-order valence-electron chi connectivity index (χ1n) is 6.19. The van der Waals surface area contributed by atoms with Gasteiger partial charge in [0.25, 0.3) is 0 Å². The predicted octanol–water partition coefficient (Wildman–Crippen LogP) is 2.76. The molecule has 0 radical (unpaired) electrons. The van der Waals surface area contributed by atoms with E-state index >= 15 is 0 Å². The highest BCUT2D eigenvalue weighted by atomic mass is 35.5. The smallest absolute Gasteiger partial charge is 0.239 e. The molecular weight excluding hydrogens is 287 g/mol. The van der Waals surface area contributed by atoms with Crippen LogP contribution in [0.1, 0.15) is 20.3 Å². The molecule has 1 rings (SSSR count). The molecule has 1 aromatic rings. The zero-order valence-electron chi connectivity index (χ0n) is 11.0. The molecule has 1 aromatic heterocycles. The Morgan fingerprint density at radius 3 is 2.42 bits per heavy atom. The van der Waals surface area contributed by atoms with E-state index < -0.39 is 0 Å². The van der Waals surface area contributed by atoms with E-state index in [1.807, 2.05) is 13.8 Å². The van der Waals surface area contributed by atoms with Gasteiger partial charge in [-0.05, 0) is 19.4 Å². The molecule has 0 spiro atoms. The van der Waals surface area contributed by atoms with Gasteiger partial charge >= 0.3 is 0 Å². The molecule has 7 heteroatoms. The number of nitrogens with one attached hydrogen (secondary N) is 3. The largest absolute Gasteiger partial charge is 0.369 e. The van der Waals surface area contributed by atoms with Crippen molar-refractivity contribution in [3.8, 4) is 0 Å². The van der Waals surface area contributed by atoms with Crippen LogP contribution in [0.3, 0.4) is 0 Å². The van der Waals surface area contributed by atoms with Crippen LogP contribution in [0.25, 0.3) is 0 Å². The van der Waals surface area contributed by atoms with Gasteiger partial charge in [0.2, 0.25) is 5.91 Å². The van der Waals surface area contributed by atoms with Gasteiger partial charge < -0.3 is 16.0 Å². The summed E-state index contributed by atoms with van der Waals surface area (Å²) in [6, 6.07) is 1.60. The summed E-state index contributed by atoms with van der Waals surface area (Å²) in [7, 11) is 0. The van der Waals surface area contributed by atoms with Crippen molar-refractivity contribution in [2.24, 2.45) is 0 Å². The van der Waals surface area contributed by atoms with Crippen molar-refractivity contribution in [3.63, 3.8) is 0 Å². The molecule has 5 nitrogen and oxygen atoms in total. The fourth-order valence-corrected chi connectivity index (χ4v) is 1.87. The number of carbonyl (C=O) groups excluding carboxylic acids is 1. The molecule has 1 heterocycles. The minimum Gasteiger partial charge on any atom is -0.369 e. The highest BCUT2D eigenvalue weighted by molar-refractivity contribution is 6.37. The number of halogens is 2. The summed E-state index contributed by atoms with van der Waals surface area (Å²) >= 11 is 12.0. The number of carbonyl (C=O) groups is 1. The molecule has 19 heavy (non-hydrogen) atoms. The van der Waals surface area contributed by atoms with E-state index in [-0.39, 0.29) is 12.5 Å². The van der Waals surface area contributed by atoms with Gasteiger partial charge in [-0.25, -0.2) is 4.98 Å². The van der Waals surface area contributed by atoms with Crippen molar-refractivity contribution >= 4 is 40.7 Å². The Kier molecular flexibility index (Phi) is 6.73. The van der Waals surface area contributed by atoms with Crippen molar-refractivity contribution in [2.75, 3.05) is 30.3 Å². The fraction of sp³-hybridized carbons (Fsp3) is 0.500. The third-order valence-electron chi connectivity index (χ3n) is 2.26. The number of nitrogens with zero attached hydrogens (tertiary/aromatic N) is 1. The maximum Gasteiger partial charge on any atom is 0.239 e. The van der Waals surface area contributed by atoms with Crippen LogP contribution in [-0.2, 0) is 4.79 Å². The lowest BCUT2D eigenvalue weighted by Crippen LogP contribution is -2.30. The quantitative estimate of drug-likeness (QED) is 0.725. The number of pyridine rings is 1. The van der Waals surface area contributed by atoms with Gasteiger partial charge in [0.05, 0.1) is 16.6 Å². The molecule has 0 unspecified atom stereocenters. The van der Waals surface area contributed by atoms with Gasteiger partial charge in [-0.15, -0.1) is 0 Å². The van der Waals surface area contributed by atoms with Crippen LogP contribution in [0, 0.1) is 0 Å². The Hall–Kier alpha value is -1.20. The molecule has 0 saturated heterocycles. The van der Waals surface area contributed by atoms with E-state index in [9.17, 15) is 4.79 Å². The Balaban J connectivity index is 2.67. The Bertz CT molecular complexity index is 440. The molecule has 0 aliphatic heterocycles. The van der Waals surface area contributed by atoms with Crippen LogP contribution >= 0.6 is 23.2 Å². The van der Waals surface area contributed by atoms with E-state index in [1.165, 1.54) is 0 Å². The zero-order chi connectivity index (χ0) is 14.3. The summed E-state index contributed by atoms with van der Waals surface area (Å²) in [6.07, 6.45) is 0.899. The lowest BCUT2D eigenvalue weighted by molar-refractivity contribution is -0.119. The third-order valence-corrected chi connectivity index (χ3v) is 2.84. The van der Waals surface area contributed by atoms with Crippen molar-refractivity contribution in [1.82, 2.24) is 10.3 Å². The minimum atomic E-state index is -0.0975. The highest BCUT2D eigenvalue weighted by Crippen LogP contribution is 2.28. The van der Waals surface area contributed by atoms with Crippen LogP contribution in [0.2, 0.25) is 10.0 Å². The molecule has 0 aliphatic carbocycles. The van der Waals surface area contributed by atoms with E-state index in [1.54, 1.807) is 6.07 Å². The van der Waals surface area contributed by atoms with E-state index in [0.717, 1.165) is 6.42 Å². The Morgan fingerprint density at radius 2 is 1.84 bits per heavy atom. The van der Waals surface area contributed by atoms with Gasteiger partial charge in [0, 0.05) is 13.1 Å². The summed E-state index contributed by atoms with van der Waals surface area (Å²) in [5.74, 6) is 0.887. The average molecular weight is 305 g/mol. The number of aromatic nitrogens is 1. The van der Waals surface area contributed by atoms with Crippen LogP contribution < -0.4 is 16.0 Å². The second kappa shape index (κ2) is 8.07. The van der Waals surface area contributed by atoms with Crippen LogP contribution in [0.4, 0.5) is 11.6 Å². The zero-order valence-corrected chi connectivity index (χ0v) is 12.5. The summed E-state index contributed by atoms with van der Waals surface area (Å²) in [6.45, 7) is 5.42. The van der Waals surface area contributed by atoms with Crippen molar-refractivity contribution in [1.29, 1.82) is 0 Å². The number of hydrogen-bond donors (Lipinski definition) is 3. The Morgan fingerprint density at radius 1 is 1.21 bits per heavy atom. The number of amides is 1. The van der Waals surface area contributed by atoms with Gasteiger partial charge in [-0.3, -0.25) is 4.79 Å². The second-order valence-electron chi connectivity index (χ2n) is 3.88. The summed E-state index contributed by atoms with van der Waals surface area (Å²) in [5, 5.41) is 9.51. The summed E-state index contributed by atoms with van der Waals surface area (Å²) in [5.41, 5.74) is 0. The van der Waals surface area contributed by atoms with Gasteiger partial charge in [0.15, 0.2) is 0 Å². The SMILES string of the molecule is CCCNC(=O)CNc1nc(NCC)c(Cl)cc1Cl. The molecule has 0 atom stereocenters. The second-order valence-corrected chi connectivity index (χ2v) is 4.70. The van der Waals surface area contributed by atoms with Gasteiger partial charge in [-0.2, -0.15) is 0 Å². The minimum absolute atomic E-state index is 0.0975. The first kappa shape index (κ1) is 15.9. The summed E-state index contributed by atoms with van der Waals surface area (Å²) < 4.78 is 0. The molecular formula is C12H18Cl2N4O. The molecule has 106 valence electrons. The van der Waals surface area contributed by atoms with Crippen LogP contribution in [0.15, 0.2) is 6.07 Å². The van der Waals surface area contributed by atoms with Gasteiger partial charge in [-0.1, -0.05) is 30.1 Å². The Labute approximate surface area is 123 Å². The standard InChI is InChI=1S/C12H18Cl2N4O/c1-3-5-16-10(19)7-17-12-9(14)6-8(13)11(18-12)15-4-2/h6H,3-5,7H2,1-2H3,(H,16,19)(H2,15,17,18). The van der Waals surface area contributed by atoms with Crippen molar-refractivity contribution in [2.45, 2.75) is 20.3 Å². The number of anilines is 2. The fourth-order valence-electron chi connectivity index (χ4n) is 1.37. The van der Waals surface area contributed by atoms with Crippen molar-refractivity contribution in [3.05, 3.63) is 16.1 Å². The molecule has 0 aromatic carbocycles. The monoisotopic (exact) mass is 304 g/mol. The third kappa shape index (κ3) is 5.12. The maximum atomic E-state index is 11.5. The number of hydrogen-bond acceptors (Lipinski definition) is 4. The lowest BCUT2D eigenvalue weighted by atomic mass is 10.4. The molecule has 0 aliphatic rings. The molecule has 0 saturated carbocycles.